The van der Waals surface area contributed by atoms with E-state index >= 15 is 0 Å². The Bertz CT molecular complexity index is 1220. The van der Waals surface area contributed by atoms with Crippen molar-refractivity contribution in [3.05, 3.63) is 64.3 Å². The molecule has 2 N–H and O–H groups in total. The Balaban J connectivity index is 2.20. The van der Waals surface area contributed by atoms with Gasteiger partial charge in [-0.15, -0.1) is 0 Å². The first-order valence-corrected chi connectivity index (χ1v) is 10.5. The summed E-state index contributed by atoms with van der Waals surface area (Å²) in [6.07, 6.45) is -0.887. The van der Waals surface area contributed by atoms with Gasteiger partial charge in [-0.25, -0.2) is 9.59 Å². The quantitative estimate of drug-likeness (QED) is 0.544. The Labute approximate surface area is 196 Å². The van der Waals surface area contributed by atoms with Crippen molar-refractivity contribution in [2.24, 2.45) is 0 Å². The van der Waals surface area contributed by atoms with Crippen molar-refractivity contribution >= 4 is 40.5 Å². The number of aromatic nitrogens is 1. The highest BCUT2D eigenvalue weighted by Gasteiger charge is 2.32. The summed E-state index contributed by atoms with van der Waals surface area (Å²) >= 11 is 5.95. The van der Waals surface area contributed by atoms with Gasteiger partial charge in [0.2, 0.25) is 0 Å². The molecule has 0 bridgehead atoms. The molecule has 0 aliphatic heterocycles. The minimum Gasteiger partial charge on any atom is -0.497 e. The van der Waals surface area contributed by atoms with Crippen LogP contribution in [0.2, 0.25) is 5.02 Å². The lowest BCUT2D eigenvalue weighted by Crippen LogP contribution is -2.38. The largest absolute Gasteiger partial charge is 0.497 e. The highest BCUT2D eigenvalue weighted by atomic mass is 35.5. The SMILES string of the molecule is COc1ccc2c(c1)c([C@H](NC(=O)OC(C)(C)C)C(=O)O)c(C)n2C(=O)c1ccc(Cl)cc1. The van der Waals surface area contributed by atoms with Crippen molar-refractivity contribution in [1.29, 1.82) is 0 Å². The molecule has 1 amide bonds. The molecule has 3 rings (SSSR count). The van der Waals surface area contributed by atoms with Gasteiger partial charge in [0.25, 0.3) is 5.91 Å². The normalized spacial score (nSPS) is 12.3. The highest BCUT2D eigenvalue weighted by molar-refractivity contribution is 6.30. The molecule has 0 fully saturated rings. The number of carbonyl (C=O) groups excluding carboxylic acids is 2. The van der Waals surface area contributed by atoms with E-state index < -0.39 is 23.7 Å². The van der Waals surface area contributed by atoms with Crippen LogP contribution in [-0.2, 0) is 9.53 Å². The number of carbonyl (C=O) groups is 3. The molecule has 0 spiro atoms. The molecule has 2 aromatic carbocycles. The van der Waals surface area contributed by atoms with E-state index in [1.165, 1.54) is 11.7 Å². The third-order valence-electron chi connectivity index (χ3n) is 4.95. The lowest BCUT2D eigenvalue weighted by atomic mass is 10.0. The molecule has 3 aromatic rings. The fourth-order valence-corrected chi connectivity index (χ4v) is 3.71. The Morgan fingerprint density at radius 1 is 1.09 bits per heavy atom. The fraction of sp³-hybridized carbons (Fsp3) is 0.292. The number of carboxylic acid groups (broad SMARTS) is 1. The van der Waals surface area contributed by atoms with Crippen molar-refractivity contribution < 1.29 is 29.0 Å². The van der Waals surface area contributed by atoms with Crippen LogP contribution in [-0.4, -0.2) is 40.4 Å². The molecule has 1 aromatic heterocycles. The number of hydrogen-bond donors (Lipinski definition) is 2. The maximum atomic E-state index is 13.4. The Morgan fingerprint density at radius 3 is 2.27 bits per heavy atom. The predicted octanol–water partition coefficient (Wildman–Crippen LogP) is 4.95. The van der Waals surface area contributed by atoms with E-state index in [0.29, 0.717) is 32.9 Å². The monoisotopic (exact) mass is 472 g/mol. The van der Waals surface area contributed by atoms with Gasteiger partial charge >= 0.3 is 12.1 Å². The van der Waals surface area contributed by atoms with Gasteiger partial charge in [0, 0.05) is 27.2 Å². The standard InChI is InChI=1S/C24H25ClN2O6/c1-13-19(20(22(29)30)26-23(31)33-24(2,3)4)17-12-16(32-5)10-11-18(17)27(13)21(28)14-6-8-15(25)9-7-14/h6-12,20H,1-5H3,(H,26,31)(H,29,30)/t20-/m0/s1. The van der Waals surface area contributed by atoms with Gasteiger partial charge in [-0.1, -0.05) is 11.6 Å². The van der Waals surface area contributed by atoms with Gasteiger partial charge in [0.05, 0.1) is 12.6 Å². The molecular formula is C24H25ClN2O6. The number of rotatable bonds is 5. The first-order chi connectivity index (χ1) is 15.4. The molecule has 1 heterocycles. The number of methoxy groups -OCH3 is 1. The number of fused-ring (bicyclic) bond motifs is 1. The van der Waals surface area contributed by atoms with Gasteiger partial charge in [-0.3, -0.25) is 9.36 Å². The first kappa shape index (κ1) is 24.1. The van der Waals surface area contributed by atoms with Crippen LogP contribution in [0.25, 0.3) is 10.9 Å². The van der Waals surface area contributed by atoms with Gasteiger partial charge in [0.1, 0.15) is 11.4 Å². The van der Waals surface area contributed by atoms with Crippen LogP contribution in [0.15, 0.2) is 42.5 Å². The summed E-state index contributed by atoms with van der Waals surface area (Å²) in [7, 11) is 1.48. The van der Waals surface area contributed by atoms with E-state index in [1.807, 2.05) is 0 Å². The number of carboxylic acids is 1. The van der Waals surface area contributed by atoms with Crippen LogP contribution in [0.4, 0.5) is 4.79 Å². The van der Waals surface area contributed by atoms with Crippen LogP contribution in [0.5, 0.6) is 5.75 Å². The molecule has 33 heavy (non-hydrogen) atoms. The van der Waals surface area contributed by atoms with Crippen LogP contribution in [0.1, 0.15) is 48.4 Å². The number of aliphatic carboxylic acids is 1. The second kappa shape index (κ2) is 9.15. The van der Waals surface area contributed by atoms with Crippen LogP contribution >= 0.6 is 11.6 Å². The molecule has 9 heteroatoms. The summed E-state index contributed by atoms with van der Waals surface area (Å²) in [5, 5.41) is 13.3. The Hall–Kier alpha value is -3.52. The summed E-state index contributed by atoms with van der Waals surface area (Å²) in [6, 6.07) is 9.90. The third-order valence-corrected chi connectivity index (χ3v) is 5.20. The van der Waals surface area contributed by atoms with E-state index in [2.05, 4.69) is 5.32 Å². The van der Waals surface area contributed by atoms with E-state index in [-0.39, 0.29) is 11.5 Å². The van der Waals surface area contributed by atoms with Gasteiger partial charge in [-0.2, -0.15) is 0 Å². The van der Waals surface area contributed by atoms with E-state index in [4.69, 9.17) is 21.1 Å². The molecular weight excluding hydrogens is 448 g/mol. The number of nitrogens with one attached hydrogen (secondary N) is 1. The lowest BCUT2D eigenvalue weighted by Gasteiger charge is -2.22. The zero-order valence-electron chi connectivity index (χ0n) is 18.9. The predicted molar refractivity (Wildman–Crippen MR) is 124 cm³/mol. The van der Waals surface area contributed by atoms with Gasteiger partial charge in [-0.05, 0) is 70.2 Å². The van der Waals surface area contributed by atoms with Crippen molar-refractivity contribution in [2.75, 3.05) is 7.11 Å². The highest BCUT2D eigenvalue weighted by Crippen LogP contribution is 2.34. The first-order valence-electron chi connectivity index (χ1n) is 10.1. The summed E-state index contributed by atoms with van der Waals surface area (Å²) in [4.78, 5) is 38.0. The zero-order valence-corrected chi connectivity index (χ0v) is 19.7. The topological polar surface area (TPSA) is 107 Å². The molecule has 0 unspecified atom stereocenters. The van der Waals surface area contributed by atoms with E-state index in [0.717, 1.165) is 0 Å². The van der Waals surface area contributed by atoms with Gasteiger partial charge < -0.3 is 19.9 Å². The van der Waals surface area contributed by atoms with Crippen molar-refractivity contribution in [3.8, 4) is 5.75 Å². The minimum absolute atomic E-state index is 0.254. The molecule has 0 aliphatic carbocycles. The maximum absolute atomic E-state index is 13.4. The number of hydrogen-bond acceptors (Lipinski definition) is 5. The van der Waals surface area contributed by atoms with Crippen LogP contribution in [0, 0.1) is 6.92 Å². The Kier molecular flexibility index (Phi) is 6.69. The molecule has 8 nitrogen and oxygen atoms in total. The molecule has 1 atom stereocenters. The number of ether oxygens (including phenoxy) is 2. The molecule has 0 saturated carbocycles. The number of halogens is 1. The Morgan fingerprint density at radius 2 is 1.73 bits per heavy atom. The molecule has 0 aliphatic rings. The van der Waals surface area contributed by atoms with Crippen molar-refractivity contribution in [2.45, 2.75) is 39.3 Å². The second-order valence-electron chi connectivity index (χ2n) is 8.45. The molecule has 174 valence electrons. The number of nitrogens with zero attached hydrogens (tertiary/aromatic N) is 1. The van der Waals surface area contributed by atoms with Crippen LogP contribution < -0.4 is 10.1 Å². The maximum Gasteiger partial charge on any atom is 0.408 e. The second-order valence-corrected chi connectivity index (χ2v) is 8.88. The number of alkyl carbamates (subject to hydrolysis) is 1. The molecule has 0 saturated heterocycles. The average molecular weight is 473 g/mol. The van der Waals surface area contributed by atoms with Gasteiger partial charge in [0.15, 0.2) is 6.04 Å². The number of benzene rings is 2. The summed E-state index contributed by atoms with van der Waals surface area (Å²) < 4.78 is 12.0. The summed E-state index contributed by atoms with van der Waals surface area (Å²) in [5.74, 6) is -1.20. The summed E-state index contributed by atoms with van der Waals surface area (Å²) in [6.45, 7) is 6.65. The minimum atomic E-state index is -1.46. The summed E-state index contributed by atoms with van der Waals surface area (Å²) in [5.41, 5.74) is 0.643. The molecule has 0 radical (unpaired) electrons. The fourth-order valence-electron chi connectivity index (χ4n) is 3.58. The van der Waals surface area contributed by atoms with E-state index in [1.54, 1.807) is 70.2 Å². The van der Waals surface area contributed by atoms with Crippen molar-refractivity contribution in [3.63, 3.8) is 0 Å². The average Bonchev–Trinajstić information content (AvgIpc) is 3.01. The van der Waals surface area contributed by atoms with Crippen LogP contribution in [0.3, 0.4) is 0 Å². The lowest BCUT2D eigenvalue weighted by molar-refractivity contribution is -0.139. The number of amides is 1. The zero-order chi connectivity index (χ0) is 24.5. The third kappa shape index (κ3) is 5.12. The van der Waals surface area contributed by atoms with Crippen molar-refractivity contribution in [1.82, 2.24) is 9.88 Å². The smallest absolute Gasteiger partial charge is 0.408 e. The van der Waals surface area contributed by atoms with E-state index in [9.17, 15) is 19.5 Å².